The van der Waals surface area contributed by atoms with Gasteiger partial charge >= 0.3 is 0 Å². The van der Waals surface area contributed by atoms with E-state index < -0.39 is 0 Å². The molecule has 3 N–H and O–H groups in total. The van der Waals surface area contributed by atoms with Crippen LogP contribution in [0, 0.1) is 0 Å². The molecule has 0 atom stereocenters. The molecule has 1 fully saturated rings. The van der Waals surface area contributed by atoms with Crippen molar-refractivity contribution in [2.75, 3.05) is 40.4 Å². The largest absolute Gasteiger partial charge is 0.502 e. The van der Waals surface area contributed by atoms with Crippen LogP contribution in [0.2, 0.25) is 0 Å². The highest BCUT2D eigenvalue weighted by Gasteiger charge is 2.19. The summed E-state index contributed by atoms with van der Waals surface area (Å²) in [7, 11) is 3.05. The zero-order chi connectivity index (χ0) is 19.6. The summed E-state index contributed by atoms with van der Waals surface area (Å²) in [5, 5.41) is 16.9. The molecule has 0 amide bonds. The van der Waals surface area contributed by atoms with E-state index in [1.807, 2.05) is 0 Å². The van der Waals surface area contributed by atoms with E-state index in [-0.39, 0.29) is 29.7 Å². The maximum Gasteiger partial charge on any atom is 0.200 e. The van der Waals surface area contributed by atoms with Crippen molar-refractivity contribution in [2.45, 2.75) is 45.7 Å². The van der Waals surface area contributed by atoms with Gasteiger partial charge in [0.05, 0.1) is 20.8 Å². The van der Waals surface area contributed by atoms with Crippen molar-refractivity contribution in [3.8, 4) is 17.2 Å². The van der Waals surface area contributed by atoms with Crippen molar-refractivity contribution in [1.29, 1.82) is 0 Å². The first-order chi connectivity index (χ1) is 13.1. The molecule has 1 saturated heterocycles. The molecule has 0 spiro atoms. The lowest BCUT2D eigenvalue weighted by atomic mass is 10.1. The third kappa shape index (κ3) is 7.20. The topological polar surface area (TPSA) is 78.4 Å². The van der Waals surface area contributed by atoms with E-state index in [1.54, 1.807) is 12.1 Å². The minimum Gasteiger partial charge on any atom is -0.502 e. The fraction of sp³-hybridized carbons (Fsp3) is 0.650. The summed E-state index contributed by atoms with van der Waals surface area (Å²) in [5.41, 5.74) is 0.913. The highest BCUT2D eigenvalue weighted by molar-refractivity contribution is 14.0. The van der Waals surface area contributed by atoms with Crippen LogP contribution in [0.5, 0.6) is 17.2 Å². The molecule has 2 rings (SSSR count). The zero-order valence-corrected chi connectivity index (χ0v) is 19.8. The standard InChI is InChI=1S/C20H34N4O3.HI/c1-5-9-24-10-7-16(8-11-24)23-20(21-6-2)22-14-15-12-17(26-3)19(25)18(13-15)27-4;/h12-13,16,25H,5-11,14H2,1-4H3,(H2,21,22,23);1H. The van der Waals surface area contributed by atoms with Crippen LogP contribution in [0.25, 0.3) is 0 Å². The molecular formula is C20H35IN4O3. The fourth-order valence-electron chi connectivity index (χ4n) is 3.34. The van der Waals surface area contributed by atoms with E-state index in [4.69, 9.17) is 14.5 Å². The smallest absolute Gasteiger partial charge is 0.200 e. The van der Waals surface area contributed by atoms with Crippen LogP contribution in [-0.2, 0) is 6.54 Å². The van der Waals surface area contributed by atoms with E-state index in [2.05, 4.69) is 29.4 Å². The fourth-order valence-corrected chi connectivity index (χ4v) is 3.34. The normalized spacial score (nSPS) is 15.6. The number of aromatic hydroxyl groups is 1. The molecule has 7 nitrogen and oxygen atoms in total. The Morgan fingerprint density at radius 3 is 2.29 bits per heavy atom. The van der Waals surface area contributed by atoms with Crippen molar-refractivity contribution < 1.29 is 14.6 Å². The zero-order valence-electron chi connectivity index (χ0n) is 17.5. The third-order valence-electron chi connectivity index (χ3n) is 4.77. The van der Waals surface area contributed by atoms with E-state index >= 15 is 0 Å². The highest BCUT2D eigenvalue weighted by atomic mass is 127. The average Bonchev–Trinajstić information content (AvgIpc) is 2.68. The highest BCUT2D eigenvalue weighted by Crippen LogP contribution is 2.37. The molecule has 0 aromatic heterocycles. The Bertz CT molecular complexity index is 594. The Hall–Kier alpha value is -1.42. The number of phenolic OH excluding ortho intramolecular Hbond substituents is 1. The lowest BCUT2D eigenvalue weighted by Gasteiger charge is -2.32. The summed E-state index contributed by atoms with van der Waals surface area (Å²) in [5.74, 6) is 1.61. The summed E-state index contributed by atoms with van der Waals surface area (Å²) in [6.07, 6.45) is 3.47. The second-order valence-corrected chi connectivity index (χ2v) is 6.80. The van der Waals surface area contributed by atoms with Crippen LogP contribution in [0.15, 0.2) is 17.1 Å². The number of nitrogens with one attached hydrogen (secondary N) is 2. The summed E-state index contributed by atoms with van der Waals surface area (Å²) >= 11 is 0. The molecule has 0 bridgehead atoms. The minimum absolute atomic E-state index is 0. The first kappa shape index (κ1) is 24.6. The quantitative estimate of drug-likeness (QED) is 0.286. The summed E-state index contributed by atoms with van der Waals surface area (Å²) in [6, 6.07) is 4.02. The van der Waals surface area contributed by atoms with Gasteiger partial charge in [-0.3, -0.25) is 0 Å². The molecule has 1 aliphatic rings. The number of phenols is 1. The molecule has 0 aliphatic carbocycles. The Balaban J connectivity index is 0.00000392. The van der Waals surface area contributed by atoms with Gasteiger partial charge in [-0.25, -0.2) is 4.99 Å². The predicted molar refractivity (Wildman–Crippen MR) is 124 cm³/mol. The van der Waals surface area contributed by atoms with Gasteiger partial charge in [0.1, 0.15) is 0 Å². The number of halogens is 1. The van der Waals surface area contributed by atoms with Gasteiger partial charge in [0.15, 0.2) is 17.5 Å². The van der Waals surface area contributed by atoms with Crippen molar-refractivity contribution in [2.24, 2.45) is 4.99 Å². The van der Waals surface area contributed by atoms with Crippen LogP contribution in [-0.4, -0.2) is 62.4 Å². The Kier molecular flexibility index (Phi) is 11.4. The number of methoxy groups -OCH3 is 2. The van der Waals surface area contributed by atoms with E-state index in [1.165, 1.54) is 27.2 Å². The van der Waals surface area contributed by atoms with Crippen molar-refractivity contribution in [3.05, 3.63) is 17.7 Å². The molecule has 0 radical (unpaired) electrons. The lowest BCUT2D eigenvalue weighted by molar-refractivity contribution is 0.206. The number of hydrogen-bond acceptors (Lipinski definition) is 5. The first-order valence-electron chi connectivity index (χ1n) is 9.82. The summed E-state index contributed by atoms with van der Waals surface area (Å²) in [6.45, 7) is 9.03. The number of nitrogens with zero attached hydrogens (tertiary/aromatic N) is 2. The minimum atomic E-state index is 0. The third-order valence-corrected chi connectivity index (χ3v) is 4.77. The summed E-state index contributed by atoms with van der Waals surface area (Å²) in [4.78, 5) is 7.23. The van der Waals surface area contributed by atoms with E-state index in [9.17, 15) is 5.11 Å². The van der Waals surface area contributed by atoms with Crippen LogP contribution in [0.4, 0.5) is 0 Å². The number of ether oxygens (including phenoxy) is 2. The maximum absolute atomic E-state index is 10.0. The monoisotopic (exact) mass is 506 g/mol. The van der Waals surface area contributed by atoms with Gasteiger partial charge in [0, 0.05) is 25.7 Å². The molecule has 1 aliphatic heterocycles. The van der Waals surface area contributed by atoms with Crippen molar-refractivity contribution in [3.63, 3.8) is 0 Å². The van der Waals surface area contributed by atoms with Gasteiger partial charge < -0.3 is 30.1 Å². The van der Waals surface area contributed by atoms with E-state index in [0.717, 1.165) is 44.0 Å². The first-order valence-corrected chi connectivity index (χ1v) is 9.82. The number of hydrogen-bond donors (Lipinski definition) is 3. The number of rotatable bonds is 8. The summed E-state index contributed by atoms with van der Waals surface area (Å²) < 4.78 is 10.4. The van der Waals surface area contributed by atoms with Crippen LogP contribution < -0.4 is 20.1 Å². The number of likely N-dealkylation sites (tertiary alicyclic amines) is 1. The number of benzene rings is 1. The lowest BCUT2D eigenvalue weighted by Crippen LogP contribution is -2.48. The molecule has 0 saturated carbocycles. The second kappa shape index (κ2) is 12.9. The molecule has 1 aromatic rings. The van der Waals surface area contributed by atoms with Gasteiger partial charge in [-0.15, -0.1) is 24.0 Å². The molecule has 0 unspecified atom stereocenters. The number of piperidine rings is 1. The van der Waals surface area contributed by atoms with Gasteiger partial charge in [0.2, 0.25) is 5.75 Å². The van der Waals surface area contributed by atoms with Gasteiger partial charge in [-0.1, -0.05) is 6.92 Å². The molecular weight excluding hydrogens is 471 g/mol. The SMILES string of the molecule is CCCN1CCC(NC(=NCc2cc(OC)c(O)c(OC)c2)NCC)CC1.I. The second-order valence-electron chi connectivity index (χ2n) is 6.80. The van der Waals surface area contributed by atoms with Gasteiger partial charge in [-0.05, 0) is 50.4 Å². The van der Waals surface area contributed by atoms with Gasteiger partial charge in [0.25, 0.3) is 0 Å². The molecule has 28 heavy (non-hydrogen) atoms. The van der Waals surface area contributed by atoms with Crippen LogP contribution >= 0.6 is 24.0 Å². The molecule has 1 heterocycles. The van der Waals surface area contributed by atoms with Crippen LogP contribution in [0.1, 0.15) is 38.7 Å². The Labute approximate surface area is 185 Å². The number of guanidine groups is 1. The average molecular weight is 506 g/mol. The maximum atomic E-state index is 10.0. The van der Waals surface area contributed by atoms with Gasteiger partial charge in [-0.2, -0.15) is 0 Å². The molecule has 8 heteroatoms. The van der Waals surface area contributed by atoms with Crippen LogP contribution in [0.3, 0.4) is 0 Å². The molecule has 160 valence electrons. The van der Waals surface area contributed by atoms with E-state index in [0.29, 0.717) is 24.1 Å². The van der Waals surface area contributed by atoms with Crippen molar-refractivity contribution in [1.82, 2.24) is 15.5 Å². The number of aliphatic imine (C=N–C) groups is 1. The Morgan fingerprint density at radius 2 is 1.79 bits per heavy atom. The van der Waals surface area contributed by atoms with Crippen molar-refractivity contribution >= 4 is 29.9 Å². The molecule has 1 aromatic carbocycles. The predicted octanol–water partition coefficient (Wildman–Crippen LogP) is 2.96. The Morgan fingerprint density at radius 1 is 1.18 bits per heavy atom.